The monoisotopic (exact) mass is 673 g/mol. The predicted molar refractivity (Wildman–Crippen MR) is 174 cm³/mol. The van der Waals surface area contributed by atoms with Gasteiger partial charge in [0.2, 0.25) is 0 Å². The van der Waals surface area contributed by atoms with E-state index in [1.54, 1.807) is 19.1 Å². The van der Waals surface area contributed by atoms with Gasteiger partial charge in [-0.1, -0.05) is 12.5 Å². The van der Waals surface area contributed by atoms with Crippen LogP contribution in [0.2, 0.25) is 0 Å². The molecule has 6 N–H and O–H groups in total. The predicted octanol–water partition coefficient (Wildman–Crippen LogP) is 6.13. The molecule has 2 aromatic heterocycles. The molecule has 5 rings (SSSR count). The van der Waals surface area contributed by atoms with E-state index in [2.05, 4.69) is 20.6 Å². The van der Waals surface area contributed by atoms with E-state index >= 15 is 8.78 Å². The van der Waals surface area contributed by atoms with Crippen molar-refractivity contribution in [2.45, 2.75) is 76.2 Å². The summed E-state index contributed by atoms with van der Waals surface area (Å²) >= 11 is 0. The van der Waals surface area contributed by atoms with E-state index in [9.17, 15) is 18.0 Å². The normalized spacial score (nSPS) is 17.5. The number of hydrogen-bond donors (Lipinski definition) is 5. The Bertz CT molecular complexity index is 1820. The first-order valence-electron chi connectivity index (χ1n) is 16.0. The van der Waals surface area contributed by atoms with E-state index in [-0.39, 0.29) is 52.7 Å². The molecule has 0 radical (unpaired) electrons. The number of ether oxygens (including phenoxy) is 1. The zero-order chi connectivity index (χ0) is 34.6. The number of aryl methyl sites for hydroxylation is 1. The van der Waals surface area contributed by atoms with E-state index < -0.39 is 29.1 Å². The van der Waals surface area contributed by atoms with Gasteiger partial charge < -0.3 is 26.1 Å². The molecule has 0 amide bonds. The molecule has 14 heteroatoms. The Kier molecular flexibility index (Phi) is 11.0. The van der Waals surface area contributed by atoms with Crippen LogP contribution >= 0.6 is 0 Å². The minimum atomic E-state index is -4.93. The lowest BCUT2D eigenvalue weighted by Gasteiger charge is -2.32. The molecule has 2 aromatic carbocycles. The molecule has 0 unspecified atom stereocenters. The minimum absolute atomic E-state index is 0.0148. The molecule has 1 aliphatic heterocycles. The van der Waals surface area contributed by atoms with Crippen LogP contribution in [-0.2, 0) is 17.3 Å². The van der Waals surface area contributed by atoms with Crippen molar-refractivity contribution in [2.75, 3.05) is 20.3 Å². The van der Waals surface area contributed by atoms with E-state index in [0.717, 1.165) is 36.3 Å². The number of hydrogen-bond acceptors (Lipinski definition) is 6. The molecule has 48 heavy (non-hydrogen) atoms. The van der Waals surface area contributed by atoms with Crippen LogP contribution in [0.3, 0.4) is 0 Å². The molecule has 0 saturated carbocycles. The van der Waals surface area contributed by atoms with Crippen molar-refractivity contribution in [1.82, 2.24) is 25.2 Å². The Morgan fingerprint density at radius 2 is 2.00 bits per heavy atom. The lowest BCUT2D eigenvalue weighted by molar-refractivity contribution is -0.140. The van der Waals surface area contributed by atoms with Gasteiger partial charge in [0, 0.05) is 54.5 Å². The highest BCUT2D eigenvalue weighted by atomic mass is 19.4. The zero-order valence-electron chi connectivity index (χ0n) is 26.8. The third kappa shape index (κ3) is 8.28. The lowest BCUT2D eigenvalue weighted by Crippen LogP contribution is -2.39. The number of piperidine rings is 1. The molecular formula is C34H40F5N7O2. The Morgan fingerprint density at radius 3 is 2.71 bits per heavy atom. The molecule has 3 heterocycles. The summed E-state index contributed by atoms with van der Waals surface area (Å²) in [6.45, 7) is 2.64. The van der Waals surface area contributed by atoms with Crippen LogP contribution in [0.25, 0.3) is 28.0 Å². The first-order chi connectivity index (χ1) is 22.8. The van der Waals surface area contributed by atoms with Crippen LogP contribution in [0.4, 0.5) is 22.0 Å². The lowest BCUT2D eigenvalue weighted by atomic mass is 9.91. The molecule has 258 valence electrons. The van der Waals surface area contributed by atoms with Crippen LogP contribution in [0.1, 0.15) is 68.2 Å². The average Bonchev–Trinajstić information content (AvgIpc) is 3.43. The first-order valence-corrected chi connectivity index (χ1v) is 16.0. The van der Waals surface area contributed by atoms with Gasteiger partial charge in [-0.05, 0) is 81.3 Å². The Hall–Kier alpha value is -4.14. The molecule has 1 fully saturated rings. The number of methoxy groups -OCH3 is 1. The molecule has 0 spiro atoms. The fourth-order valence-corrected chi connectivity index (χ4v) is 6.30. The van der Waals surface area contributed by atoms with Crippen molar-refractivity contribution in [2.24, 2.45) is 5.73 Å². The second-order valence-corrected chi connectivity index (χ2v) is 12.4. The van der Waals surface area contributed by atoms with Gasteiger partial charge in [-0.25, -0.2) is 13.6 Å². The smallest absolute Gasteiger partial charge is 0.383 e. The second-order valence-electron chi connectivity index (χ2n) is 12.4. The van der Waals surface area contributed by atoms with Crippen molar-refractivity contribution >= 4 is 16.9 Å². The van der Waals surface area contributed by atoms with Crippen LogP contribution in [0, 0.1) is 17.0 Å². The number of alkyl halides is 3. The zero-order valence-corrected chi connectivity index (χ0v) is 26.8. The van der Waals surface area contributed by atoms with Gasteiger partial charge in [-0.15, -0.1) is 0 Å². The highest BCUT2D eigenvalue weighted by Crippen LogP contribution is 2.37. The number of benzene rings is 2. The van der Waals surface area contributed by atoms with Gasteiger partial charge in [-0.2, -0.15) is 18.2 Å². The molecule has 4 aromatic rings. The molecule has 1 saturated heterocycles. The summed E-state index contributed by atoms with van der Waals surface area (Å²) in [5, 5.41) is 14.3. The summed E-state index contributed by atoms with van der Waals surface area (Å²) in [4.78, 5) is 19.8. The van der Waals surface area contributed by atoms with Crippen molar-refractivity contribution in [1.29, 1.82) is 5.41 Å². The highest BCUT2D eigenvalue weighted by Gasteiger charge is 2.36. The van der Waals surface area contributed by atoms with E-state index in [4.69, 9.17) is 15.9 Å². The number of rotatable bonds is 12. The van der Waals surface area contributed by atoms with Gasteiger partial charge in [0.05, 0.1) is 29.4 Å². The number of amidine groups is 1. The molecule has 3 atom stereocenters. The quantitative estimate of drug-likeness (QED) is 0.0698. The summed E-state index contributed by atoms with van der Waals surface area (Å²) < 4.78 is 78.6. The number of nitrogens with one attached hydrogen (secondary N) is 4. The summed E-state index contributed by atoms with van der Waals surface area (Å²) in [6, 6.07) is 7.76. The van der Waals surface area contributed by atoms with Crippen LogP contribution in [0.5, 0.6) is 0 Å². The van der Waals surface area contributed by atoms with Gasteiger partial charge in [0.15, 0.2) is 0 Å². The third-order valence-electron chi connectivity index (χ3n) is 8.66. The number of aromatic amines is 1. The van der Waals surface area contributed by atoms with Gasteiger partial charge >= 0.3 is 11.9 Å². The highest BCUT2D eigenvalue weighted by molar-refractivity contribution is 5.83. The molecule has 1 aliphatic rings. The van der Waals surface area contributed by atoms with Gasteiger partial charge in [0.25, 0.3) is 0 Å². The van der Waals surface area contributed by atoms with Crippen molar-refractivity contribution in [3.05, 3.63) is 81.4 Å². The fraction of sp³-hybridized carbons (Fsp3) is 0.441. The second kappa shape index (κ2) is 15.0. The maximum atomic E-state index is 15.5. The fourth-order valence-electron chi connectivity index (χ4n) is 6.30. The number of fused-ring (bicyclic) bond motifs is 1. The van der Waals surface area contributed by atoms with E-state index in [1.165, 1.54) is 31.5 Å². The topological polar surface area (TPSA) is 134 Å². The third-order valence-corrected chi connectivity index (χ3v) is 8.66. The molecule has 0 aliphatic carbocycles. The molecule has 9 nitrogen and oxygen atoms in total. The minimum Gasteiger partial charge on any atom is -0.383 e. The van der Waals surface area contributed by atoms with Crippen LogP contribution in [0.15, 0.2) is 47.4 Å². The standard InChI is InChI=1S/C34H40F5N7O2/c1-19(40)42-12-11-23-7-4-8-29(43-23)25-10-9-24(16-28(25)35)46-17-21-15-30(44-32(21)45-33(46)47)26-13-20(5-3-6-22(41)18-48-2)14-27(31(26)36)34(37,38)39/h9-10,13-17,22-23,29,43H,3-8,11-12,18,41H2,1-2H3,(H2,40,42)(H,44,45,47)/t22-,23+,29+/m1/s1. The summed E-state index contributed by atoms with van der Waals surface area (Å²) in [6.07, 6.45) is 1.08. The SMILES string of the molecule is COC[C@H](N)CCCc1cc(-c2cc3cn(-c4ccc([C@@H]5CCC[C@@H](CCNC(C)=N)N5)c(F)c4)c(=O)nc3[nH]2)c(F)c(C(F)(F)F)c1. The van der Waals surface area contributed by atoms with Crippen LogP contribution in [-0.4, -0.2) is 52.7 Å². The maximum absolute atomic E-state index is 15.5. The van der Waals surface area contributed by atoms with Crippen molar-refractivity contribution < 1.29 is 26.7 Å². The van der Waals surface area contributed by atoms with Gasteiger partial charge in [-0.3, -0.25) is 9.98 Å². The first kappa shape index (κ1) is 35.2. The number of halogens is 5. The summed E-state index contributed by atoms with van der Waals surface area (Å²) in [5.74, 6) is -1.55. The van der Waals surface area contributed by atoms with E-state index in [0.29, 0.717) is 42.8 Å². The van der Waals surface area contributed by atoms with Gasteiger partial charge in [0.1, 0.15) is 17.3 Å². The Balaban J connectivity index is 1.41. The Morgan fingerprint density at radius 1 is 1.21 bits per heavy atom. The molecule has 0 bridgehead atoms. The summed E-state index contributed by atoms with van der Waals surface area (Å²) in [7, 11) is 1.51. The largest absolute Gasteiger partial charge is 0.419 e. The van der Waals surface area contributed by atoms with Crippen LogP contribution < -0.4 is 22.1 Å². The van der Waals surface area contributed by atoms with Crippen molar-refractivity contribution in [3.8, 4) is 16.9 Å². The molecular weight excluding hydrogens is 633 g/mol. The number of nitrogens with two attached hydrogens (primary N) is 1. The van der Waals surface area contributed by atoms with Crippen molar-refractivity contribution in [3.63, 3.8) is 0 Å². The van der Waals surface area contributed by atoms with E-state index in [1.807, 2.05) is 0 Å². The number of H-pyrrole nitrogens is 1. The summed E-state index contributed by atoms with van der Waals surface area (Å²) in [5.41, 5.74) is 4.54. The average molecular weight is 674 g/mol. The Labute approximate surface area is 274 Å². The number of nitrogens with zero attached hydrogens (tertiary/aromatic N) is 2. The maximum Gasteiger partial charge on any atom is 0.419 e. The number of aromatic nitrogens is 3.